The fourth-order valence-electron chi connectivity index (χ4n) is 0.979. The highest BCUT2D eigenvalue weighted by molar-refractivity contribution is 7.89. The van der Waals surface area contributed by atoms with Crippen molar-refractivity contribution in [2.75, 3.05) is 18.9 Å². The lowest BCUT2D eigenvalue weighted by atomic mass is 10.2. The van der Waals surface area contributed by atoms with Crippen LogP contribution in [0.5, 0.6) is 0 Å². The molecule has 16 heavy (non-hydrogen) atoms. The van der Waals surface area contributed by atoms with Crippen LogP contribution in [0.2, 0.25) is 0 Å². The van der Waals surface area contributed by atoms with Crippen molar-refractivity contribution in [1.82, 2.24) is 4.72 Å². The quantitative estimate of drug-likeness (QED) is 0.572. The number of hydrogen-bond donors (Lipinski definition) is 2. The summed E-state index contributed by atoms with van der Waals surface area (Å²) in [6.07, 6.45) is 0.793. The molecule has 0 aromatic carbocycles. The van der Waals surface area contributed by atoms with Gasteiger partial charge in [0.15, 0.2) is 0 Å². The second-order valence-corrected chi connectivity index (χ2v) is 5.29. The molecule has 0 spiro atoms. The van der Waals surface area contributed by atoms with Crippen LogP contribution >= 0.6 is 0 Å². The van der Waals surface area contributed by atoms with Crippen LogP contribution in [0.25, 0.3) is 0 Å². The predicted molar refractivity (Wildman–Crippen MR) is 61.3 cm³/mol. The average molecular weight is 252 g/mol. The molecule has 3 N–H and O–H groups in total. The van der Waals surface area contributed by atoms with E-state index in [9.17, 15) is 13.2 Å². The van der Waals surface area contributed by atoms with Crippen molar-refractivity contribution in [3.8, 4) is 0 Å². The Kier molecular flexibility index (Phi) is 7.27. The van der Waals surface area contributed by atoms with Gasteiger partial charge < -0.3 is 10.5 Å². The molecule has 96 valence electrons. The van der Waals surface area contributed by atoms with Gasteiger partial charge in [-0.05, 0) is 19.8 Å². The van der Waals surface area contributed by atoms with Gasteiger partial charge in [0.1, 0.15) is 6.04 Å². The number of carbonyl (C=O) groups excluding carboxylic acids is 1. The van der Waals surface area contributed by atoms with Crippen molar-refractivity contribution in [3.63, 3.8) is 0 Å². The van der Waals surface area contributed by atoms with Gasteiger partial charge in [-0.3, -0.25) is 4.79 Å². The molecular formula is C9H20N2O4S. The maximum Gasteiger partial charge on any atom is 0.322 e. The Morgan fingerprint density at radius 1 is 1.44 bits per heavy atom. The Hall–Kier alpha value is -0.660. The van der Waals surface area contributed by atoms with E-state index in [1.165, 1.54) is 0 Å². The van der Waals surface area contributed by atoms with Gasteiger partial charge in [-0.25, -0.2) is 13.1 Å². The SMILES string of the molecule is CCCNS(=O)(=O)CCC(N)C(=O)OCC. The first kappa shape index (κ1) is 15.3. The van der Waals surface area contributed by atoms with E-state index in [1.54, 1.807) is 6.92 Å². The third kappa shape index (κ3) is 6.76. The molecule has 0 saturated carbocycles. The first-order valence-electron chi connectivity index (χ1n) is 5.32. The summed E-state index contributed by atoms with van der Waals surface area (Å²) in [6, 6.07) is -0.877. The number of carbonyl (C=O) groups is 1. The lowest BCUT2D eigenvalue weighted by Gasteiger charge is -2.10. The molecule has 0 radical (unpaired) electrons. The van der Waals surface area contributed by atoms with Gasteiger partial charge in [-0.1, -0.05) is 6.92 Å². The minimum atomic E-state index is -3.33. The second-order valence-electron chi connectivity index (χ2n) is 3.36. The Bertz CT molecular complexity index is 303. The number of esters is 1. The van der Waals surface area contributed by atoms with Crippen LogP contribution in [-0.4, -0.2) is 39.3 Å². The molecule has 7 heteroatoms. The summed E-state index contributed by atoms with van der Waals surface area (Å²) in [5, 5.41) is 0. The van der Waals surface area contributed by atoms with Crippen molar-refractivity contribution in [2.24, 2.45) is 5.73 Å². The summed E-state index contributed by atoms with van der Waals surface area (Å²) < 4.78 is 29.8. The predicted octanol–water partition coefficient (Wildman–Crippen LogP) is -0.404. The van der Waals surface area contributed by atoms with Crippen molar-refractivity contribution >= 4 is 16.0 Å². The fourth-order valence-corrected chi connectivity index (χ4v) is 2.20. The lowest BCUT2D eigenvalue weighted by molar-refractivity contribution is -0.144. The summed E-state index contributed by atoms with van der Waals surface area (Å²) in [4.78, 5) is 11.1. The molecule has 0 aromatic rings. The van der Waals surface area contributed by atoms with E-state index < -0.39 is 22.0 Å². The minimum absolute atomic E-state index is 0.0673. The molecular weight excluding hydrogens is 232 g/mol. The zero-order chi connectivity index (χ0) is 12.6. The van der Waals surface area contributed by atoms with E-state index in [-0.39, 0.29) is 18.8 Å². The number of ether oxygens (including phenoxy) is 1. The van der Waals surface area contributed by atoms with Crippen LogP contribution in [0.1, 0.15) is 26.7 Å². The standard InChI is InChI=1S/C9H20N2O4S/c1-3-6-11-16(13,14)7-5-8(10)9(12)15-4-2/h8,11H,3-7,10H2,1-2H3. The first-order valence-corrected chi connectivity index (χ1v) is 6.97. The largest absolute Gasteiger partial charge is 0.465 e. The van der Waals surface area contributed by atoms with Crippen molar-refractivity contribution in [1.29, 1.82) is 0 Å². The van der Waals surface area contributed by atoms with Gasteiger partial charge >= 0.3 is 5.97 Å². The molecule has 0 aliphatic carbocycles. The van der Waals surface area contributed by atoms with E-state index in [4.69, 9.17) is 5.73 Å². The monoisotopic (exact) mass is 252 g/mol. The van der Waals surface area contributed by atoms with Gasteiger partial charge in [0, 0.05) is 6.54 Å². The molecule has 6 nitrogen and oxygen atoms in total. The van der Waals surface area contributed by atoms with E-state index in [0.717, 1.165) is 6.42 Å². The normalized spacial score (nSPS) is 13.4. The molecule has 0 bridgehead atoms. The van der Waals surface area contributed by atoms with Gasteiger partial charge in [-0.2, -0.15) is 0 Å². The van der Waals surface area contributed by atoms with Crippen LogP contribution in [0.3, 0.4) is 0 Å². The molecule has 0 fully saturated rings. The Balaban J connectivity index is 3.99. The summed E-state index contributed by atoms with van der Waals surface area (Å²) >= 11 is 0. The van der Waals surface area contributed by atoms with Crippen LogP contribution in [-0.2, 0) is 19.6 Å². The highest BCUT2D eigenvalue weighted by Gasteiger charge is 2.18. The minimum Gasteiger partial charge on any atom is -0.465 e. The first-order chi connectivity index (χ1) is 7.43. The van der Waals surface area contributed by atoms with E-state index in [2.05, 4.69) is 9.46 Å². The van der Waals surface area contributed by atoms with Crippen molar-refractivity contribution < 1.29 is 17.9 Å². The number of nitrogens with one attached hydrogen (secondary N) is 1. The fraction of sp³-hybridized carbons (Fsp3) is 0.889. The molecule has 0 aromatic heterocycles. The zero-order valence-electron chi connectivity index (χ0n) is 9.73. The topological polar surface area (TPSA) is 98.5 Å². The molecule has 0 rings (SSSR count). The van der Waals surface area contributed by atoms with E-state index in [1.807, 2.05) is 6.92 Å². The molecule has 0 saturated heterocycles. The smallest absolute Gasteiger partial charge is 0.322 e. The van der Waals surface area contributed by atoms with Crippen LogP contribution in [0.15, 0.2) is 0 Å². The average Bonchev–Trinajstić information content (AvgIpc) is 2.23. The maximum atomic E-state index is 11.4. The Labute approximate surface area is 96.6 Å². The van der Waals surface area contributed by atoms with Gasteiger partial charge in [0.2, 0.25) is 10.0 Å². The third-order valence-electron chi connectivity index (χ3n) is 1.86. The summed E-state index contributed by atoms with van der Waals surface area (Å²) in [7, 11) is -3.33. The van der Waals surface area contributed by atoms with Crippen LogP contribution < -0.4 is 10.5 Å². The number of sulfonamides is 1. The number of rotatable bonds is 8. The van der Waals surface area contributed by atoms with Gasteiger partial charge in [0.25, 0.3) is 0 Å². The summed E-state index contributed by atoms with van der Waals surface area (Å²) in [5.74, 6) is -0.722. The lowest BCUT2D eigenvalue weighted by Crippen LogP contribution is -2.36. The highest BCUT2D eigenvalue weighted by atomic mass is 32.2. The third-order valence-corrected chi connectivity index (χ3v) is 3.28. The zero-order valence-corrected chi connectivity index (χ0v) is 10.5. The van der Waals surface area contributed by atoms with Crippen LogP contribution in [0, 0.1) is 0 Å². The molecule has 0 amide bonds. The Morgan fingerprint density at radius 3 is 2.56 bits per heavy atom. The second kappa shape index (κ2) is 7.59. The van der Waals surface area contributed by atoms with Crippen LogP contribution in [0.4, 0.5) is 0 Å². The van der Waals surface area contributed by atoms with Gasteiger partial charge in [0.05, 0.1) is 12.4 Å². The van der Waals surface area contributed by atoms with Crippen molar-refractivity contribution in [3.05, 3.63) is 0 Å². The molecule has 1 atom stereocenters. The van der Waals surface area contributed by atoms with E-state index in [0.29, 0.717) is 6.54 Å². The number of nitrogens with two attached hydrogens (primary N) is 1. The molecule has 0 heterocycles. The molecule has 0 aliphatic heterocycles. The molecule has 1 unspecified atom stereocenters. The van der Waals surface area contributed by atoms with Crippen molar-refractivity contribution in [2.45, 2.75) is 32.7 Å². The number of hydrogen-bond acceptors (Lipinski definition) is 5. The molecule has 0 aliphatic rings. The van der Waals surface area contributed by atoms with E-state index >= 15 is 0 Å². The Morgan fingerprint density at radius 2 is 2.06 bits per heavy atom. The summed E-state index contributed by atoms with van der Waals surface area (Å²) in [5.41, 5.74) is 5.47. The van der Waals surface area contributed by atoms with Gasteiger partial charge in [-0.15, -0.1) is 0 Å². The highest BCUT2D eigenvalue weighted by Crippen LogP contribution is 1.97. The summed E-state index contributed by atoms with van der Waals surface area (Å²) in [6.45, 7) is 4.18. The maximum absolute atomic E-state index is 11.4.